The van der Waals surface area contributed by atoms with Crippen molar-refractivity contribution in [2.45, 2.75) is 6.42 Å². The molecular formula is C18H18F2N2O2. The van der Waals surface area contributed by atoms with Gasteiger partial charge in [-0.2, -0.15) is 0 Å². The molecule has 0 aromatic heterocycles. The van der Waals surface area contributed by atoms with Crippen LogP contribution in [0.1, 0.15) is 27.1 Å². The van der Waals surface area contributed by atoms with Crippen LogP contribution in [0, 0.1) is 11.6 Å². The van der Waals surface area contributed by atoms with Crippen LogP contribution in [0.2, 0.25) is 0 Å². The van der Waals surface area contributed by atoms with E-state index >= 15 is 0 Å². The molecule has 4 nitrogen and oxygen atoms in total. The molecule has 0 atom stereocenters. The molecule has 0 fully saturated rings. The smallest absolute Gasteiger partial charge is 0.253 e. The van der Waals surface area contributed by atoms with Crippen LogP contribution in [-0.2, 0) is 0 Å². The Labute approximate surface area is 139 Å². The molecule has 0 saturated carbocycles. The minimum Gasteiger partial charge on any atom is -0.352 e. The van der Waals surface area contributed by atoms with Crippen LogP contribution in [0.3, 0.4) is 0 Å². The predicted molar refractivity (Wildman–Crippen MR) is 86.7 cm³/mol. The fourth-order valence-electron chi connectivity index (χ4n) is 2.14. The van der Waals surface area contributed by atoms with E-state index in [1.54, 1.807) is 7.05 Å². The summed E-state index contributed by atoms with van der Waals surface area (Å²) in [5.41, 5.74) is 0.793. The van der Waals surface area contributed by atoms with Crippen molar-refractivity contribution >= 4 is 11.8 Å². The third-order valence-corrected chi connectivity index (χ3v) is 3.50. The van der Waals surface area contributed by atoms with E-state index in [0.717, 1.165) is 0 Å². The van der Waals surface area contributed by atoms with E-state index in [1.165, 1.54) is 53.4 Å². The van der Waals surface area contributed by atoms with Crippen molar-refractivity contribution in [1.82, 2.24) is 10.2 Å². The molecule has 1 N–H and O–H groups in total. The molecule has 2 amide bonds. The maximum Gasteiger partial charge on any atom is 0.253 e. The highest BCUT2D eigenvalue weighted by Crippen LogP contribution is 2.06. The van der Waals surface area contributed by atoms with E-state index in [4.69, 9.17) is 0 Å². The Kier molecular flexibility index (Phi) is 6.01. The third-order valence-electron chi connectivity index (χ3n) is 3.50. The van der Waals surface area contributed by atoms with Gasteiger partial charge < -0.3 is 10.2 Å². The first kappa shape index (κ1) is 17.6. The molecule has 0 unspecified atom stereocenters. The van der Waals surface area contributed by atoms with Gasteiger partial charge in [-0.15, -0.1) is 0 Å². The van der Waals surface area contributed by atoms with E-state index < -0.39 is 11.6 Å². The molecule has 0 aliphatic carbocycles. The number of benzene rings is 2. The second-order valence-corrected chi connectivity index (χ2v) is 5.35. The maximum atomic E-state index is 12.9. The lowest BCUT2D eigenvalue weighted by Gasteiger charge is -2.17. The van der Waals surface area contributed by atoms with Crippen LogP contribution in [-0.4, -0.2) is 36.9 Å². The summed E-state index contributed by atoms with van der Waals surface area (Å²) in [4.78, 5) is 25.5. The van der Waals surface area contributed by atoms with Gasteiger partial charge in [0.05, 0.1) is 0 Å². The average molecular weight is 332 g/mol. The summed E-state index contributed by atoms with van der Waals surface area (Å²) in [6.07, 6.45) is 0.566. The van der Waals surface area contributed by atoms with Crippen molar-refractivity contribution in [3.8, 4) is 0 Å². The van der Waals surface area contributed by atoms with E-state index in [1.807, 2.05) is 0 Å². The quantitative estimate of drug-likeness (QED) is 0.827. The van der Waals surface area contributed by atoms with Crippen LogP contribution in [0.5, 0.6) is 0 Å². The summed E-state index contributed by atoms with van der Waals surface area (Å²) in [6, 6.07) is 10.6. The molecule has 0 aliphatic heterocycles. The Morgan fingerprint density at radius 3 is 1.96 bits per heavy atom. The van der Waals surface area contributed by atoms with Gasteiger partial charge >= 0.3 is 0 Å². The van der Waals surface area contributed by atoms with Crippen molar-refractivity contribution < 1.29 is 18.4 Å². The number of amides is 2. The summed E-state index contributed by atoms with van der Waals surface area (Å²) >= 11 is 0. The fraction of sp³-hybridized carbons (Fsp3) is 0.222. The molecule has 2 aromatic rings. The van der Waals surface area contributed by atoms with E-state index in [0.29, 0.717) is 30.6 Å². The van der Waals surface area contributed by atoms with Gasteiger partial charge in [0.15, 0.2) is 0 Å². The molecule has 2 rings (SSSR count). The van der Waals surface area contributed by atoms with E-state index in [-0.39, 0.29) is 11.8 Å². The number of carbonyl (C=O) groups is 2. The van der Waals surface area contributed by atoms with Gasteiger partial charge in [-0.25, -0.2) is 8.78 Å². The number of nitrogens with zero attached hydrogens (tertiary/aromatic N) is 1. The summed E-state index contributed by atoms with van der Waals surface area (Å²) in [5.74, 6) is -1.28. The Hall–Kier alpha value is -2.76. The van der Waals surface area contributed by atoms with Crippen LogP contribution in [0.4, 0.5) is 8.78 Å². The van der Waals surface area contributed by atoms with Crippen molar-refractivity contribution in [1.29, 1.82) is 0 Å². The van der Waals surface area contributed by atoms with Crippen molar-refractivity contribution in [2.75, 3.05) is 20.1 Å². The molecule has 24 heavy (non-hydrogen) atoms. The predicted octanol–water partition coefficient (Wildman–Crippen LogP) is 2.86. The Morgan fingerprint density at radius 1 is 0.917 bits per heavy atom. The van der Waals surface area contributed by atoms with E-state index in [2.05, 4.69) is 5.32 Å². The zero-order valence-electron chi connectivity index (χ0n) is 13.3. The molecule has 0 saturated heterocycles. The highest BCUT2D eigenvalue weighted by molar-refractivity contribution is 5.94. The summed E-state index contributed by atoms with van der Waals surface area (Å²) in [5, 5.41) is 2.71. The Morgan fingerprint density at radius 2 is 1.42 bits per heavy atom. The second kappa shape index (κ2) is 8.19. The fourth-order valence-corrected chi connectivity index (χ4v) is 2.14. The molecule has 0 heterocycles. The highest BCUT2D eigenvalue weighted by Gasteiger charge is 2.11. The number of hydrogen-bond donors (Lipinski definition) is 1. The van der Waals surface area contributed by atoms with Crippen LogP contribution in [0.15, 0.2) is 48.5 Å². The normalized spacial score (nSPS) is 10.3. The SMILES string of the molecule is CN(CCCNC(=O)c1ccc(F)cc1)C(=O)c1ccc(F)cc1. The summed E-state index contributed by atoms with van der Waals surface area (Å²) in [6.45, 7) is 0.831. The van der Waals surface area contributed by atoms with Crippen molar-refractivity contribution in [3.05, 3.63) is 71.3 Å². The van der Waals surface area contributed by atoms with Crippen LogP contribution < -0.4 is 5.32 Å². The van der Waals surface area contributed by atoms with Gasteiger partial charge in [-0.3, -0.25) is 9.59 Å². The number of carbonyl (C=O) groups excluding carboxylic acids is 2. The van der Waals surface area contributed by atoms with Gasteiger partial charge in [0.1, 0.15) is 11.6 Å². The lowest BCUT2D eigenvalue weighted by atomic mass is 10.2. The summed E-state index contributed by atoms with van der Waals surface area (Å²) < 4.78 is 25.6. The molecule has 0 radical (unpaired) electrons. The number of nitrogens with one attached hydrogen (secondary N) is 1. The highest BCUT2D eigenvalue weighted by atomic mass is 19.1. The van der Waals surface area contributed by atoms with Crippen LogP contribution >= 0.6 is 0 Å². The van der Waals surface area contributed by atoms with Gasteiger partial charge in [0, 0.05) is 31.3 Å². The Balaban J connectivity index is 1.75. The lowest BCUT2D eigenvalue weighted by molar-refractivity contribution is 0.0793. The zero-order valence-corrected chi connectivity index (χ0v) is 13.3. The van der Waals surface area contributed by atoms with Gasteiger partial charge in [0.25, 0.3) is 11.8 Å². The lowest BCUT2D eigenvalue weighted by Crippen LogP contribution is -2.31. The number of rotatable bonds is 6. The number of hydrogen-bond acceptors (Lipinski definition) is 2. The van der Waals surface area contributed by atoms with Gasteiger partial charge in [-0.1, -0.05) is 0 Å². The first-order valence-corrected chi connectivity index (χ1v) is 7.52. The van der Waals surface area contributed by atoms with E-state index in [9.17, 15) is 18.4 Å². The second-order valence-electron chi connectivity index (χ2n) is 5.35. The topological polar surface area (TPSA) is 49.4 Å². The summed E-state index contributed by atoms with van der Waals surface area (Å²) in [7, 11) is 1.65. The molecule has 126 valence electrons. The number of halogens is 2. The molecular weight excluding hydrogens is 314 g/mol. The van der Waals surface area contributed by atoms with Crippen molar-refractivity contribution in [3.63, 3.8) is 0 Å². The molecule has 6 heteroatoms. The van der Waals surface area contributed by atoms with Crippen molar-refractivity contribution in [2.24, 2.45) is 0 Å². The van der Waals surface area contributed by atoms with Crippen LogP contribution in [0.25, 0.3) is 0 Å². The first-order valence-electron chi connectivity index (χ1n) is 7.52. The average Bonchev–Trinajstić information content (AvgIpc) is 2.59. The minimum absolute atomic E-state index is 0.208. The largest absolute Gasteiger partial charge is 0.352 e. The van der Waals surface area contributed by atoms with Gasteiger partial charge in [0.2, 0.25) is 0 Å². The molecule has 0 aliphatic rings. The maximum absolute atomic E-state index is 12.9. The first-order chi connectivity index (χ1) is 11.5. The minimum atomic E-state index is -0.396. The monoisotopic (exact) mass is 332 g/mol. The molecule has 0 bridgehead atoms. The standard InChI is InChI=1S/C18H18F2N2O2/c1-22(18(24)14-5-9-16(20)10-6-14)12-2-11-21-17(23)13-3-7-15(19)8-4-13/h3-10H,2,11-12H2,1H3,(H,21,23). The third kappa shape index (κ3) is 4.87. The molecule has 2 aromatic carbocycles. The van der Waals surface area contributed by atoms with Gasteiger partial charge in [-0.05, 0) is 55.0 Å². The Bertz CT molecular complexity index is 700. The molecule has 0 spiro atoms. The zero-order chi connectivity index (χ0) is 17.5.